The molecule has 0 bridgehead atoms. The largest absolute Gasteiger partial charge is 0.496 e. The van der Waals surface area contributed by atoms with Gasteiger partial charge in [-0.25, -0.2) is 8.42 Å². The molecule has 1 aliphatic rings. The third-order valence-corrected chi connectivity index (χ3v) is 6.24. The van der Waals surface area contributed by atoms with E-state index in [1.165, 1.54) is 10.6 Å². The number of sulfonamides is 1. The summed E-state index contributed by atoms with van der Waals surface area (Å²) in [6.07, 6.45) is 2.48. The molecule has 2 aromatic rings. The van der Waals surface area contributed by atoms with Crippen molar-refractivity contribution in [3.8, 4) is 5.75 Å². The number of methoxy groups -OCH3 is 1. The van der Waals surface area contributed by atoms with Gasteiger partial charge in [0.15, 0.2) is 0 Å². The van der Waals surface area contributed by atoms with Gasteiger partial charge >= 0.3 is 0 Å². The van der Waals surface area contributed by atoms with Crippen LogP contribution >= 0.6 is 0 Å². The first-order valence-electron chi connectivity index (χ1n) is 9.24. The SMILES string of the molecule is COc1ccc(C)cc1CCNC(=O)c1ccc2c(c1)C[C@@H](C)N2S(C)(=O)=O. The van der Waals surface area contributed by atoms with Gasteiger partial charge in [-0.3, -0.25) is 9.10 Å². The predicted octanol–water partition coefficient (Wildman–Crippen LogP) is 2.69. The number of aryl methyl sites for hydroxylation is 1. The van der Waals surface area contributed by atoms with Gasteiger partial charge in [0.2, 0.25) is 10.0 Å². The maximum absolute atomic E-state index is 12.5. The van der Waals surface area contributed by atoms with Gasteiger partial charge in [0.1, 0.15) is 5.75 Å². The van der Waals surface area contributed by atoms with E-state index < -0.39 is 10.0 Å². The summed E-state index contributed by atoms with van der Waals surface area (Å²) < 4.78 is 30.8. The maximum Gasteiger partial charge on any atom is 0.251 e. The zero-order valence-electron chi connectivity index (χ0n) is 16.7. The zero-order chi connectivity index (χ0) is 20.5. The van der Waals surface area contributed by atoms with E-state index in [2.05, 4.69) is 11.4 Å². The maximum atomic E-state index is 12.5. The van der Waals surface area contributed by atoms with Crippen molar-refractivity contribution in [2.45, 2.75) is 32.7 Å². The minimum atomic E-state index is -3.33. The highest BCUT2D eigenvalue weighted by atomic mass is 32.2. The first kappa shape index (κ1) is 20.2. The summed E-state index contributed by atoms with van der Waals surface area (Å²) in [6, 6.07) is 11.0. The number of hydrogen-bond donors (Lipinski definition) is 1. The van der Waals surface area contributed by atoms with Crippen LogP contribution in [0.4, 0.5) is 5.69 Å². The molecule has 0 aliphatic carbocycles. The van der Waals surface area contributed by atoms with Gasteiger partial charge < -0.3 is 10.1 Å². The van der Waals surface area contributed by atoms with Crippen LogP contribution in [0.3, 0.4) is 0 Å². The molecule has 1 amide bonds. The number of ether oxygens (including phenoxy) is 1. The van der Waals surface area contributed by atoms with Crippen molar-refractivity contribution in [1.82, 2.24) is 5.32 Å². The molecule has 3 rings (SSSR count). The number of rotatable bonds is 6. The van der Waals surface area contributed by atoms with E-state index in [-0.39, 0.29) is 11.9 Å². The van der Waals surface area contributed by atoms with Gasteiger partial charge in [0, 0.05) is 18.2 Å². The zero-order valence-corrected chi connectivity index (χ0v) is 17.5. The Morgan fingerprint density at radius 1 is 1.25 bits per heavy atom. The van der Waals surface area contributed by atoms with Crippen LogP contribution in [-0.4, -0.2) is 40.3 Å². The third kappa shape index (κ3) is 4.14. The van der Waals surface area contributed by atoms with Crippen molar-refractivity contribution < 1.29 is 17.9 Å². The first-order chi connectivity index (χ1) is 13.2. The highest BCUT2D eigenvalue weighted by Crippen LogP contribution is 2.34. The minimum Gasteiger partial charge on any atom is -0.496 e. The number of nitrogens with zero attached hydrogens (tertiary/aromatic N) is 1. The quantitative estimate of drug-likeness (QED) is 0.806. The van der Waals surface area contributed by atoms with Crippen molar-refractivity contribution in [1.29, 1.82) is 0 Å². The van der Waals surface area contributed by atoms with Crippen molar-refractivity contribution in [2.24, 2.45) is 0 Å². The van der Waals surface area contributed by atoms with Crippen LogP contribution in [-0.2, 0) is 22.9 Å². The Hall–Kier alpha value is -2.54. The van der Waals surface area contributed by atoms with Crippen LogP contribution in [0.5, 0.6) is 5.75 Å². The molecule has 0 radical (unpaired) electrons. The molecule has 0 saturated carbocycles. The molecule has 2 aromatic carbocycles. The molecule has 0 spiro atoms. The van der Waals surface area contributed by atoms with Gasteiger partial charge in [-0.15, -0.1) is 0 Å². The second-order valence-corrected chi connectivity index (χ2v) is 9.14. The van der Waals surface area contributed by atoms with E-state index >= 15 is 0 Å². The lowest BCUT2D eigenvalue weighted by Gasteiger charge is -2.21. The highest BCUT2D eigenvalue weighted by molar-refractivity contribution is 7.92. The Kier molecular flexibility index (Phi) is 5.65. The Balaban J connectivity index is 1.68. The summed E-state index contributed by atoms with van der Waals surface area (Å²) in [6.45, 7) is 4.38. The molecule has 0 fully saturated rings. The summed E-state index contributed by atoms with van der Waals surface area (Å²) in [5, 5.41) is 2.94. The highest BCUT2D eigenvalue weighted by Gasteiger charge is 2.32. The van der Waals surface area contributed by atoms with Gasteiger partial charge in [-0.1, -0.05) is 17.7 Å². The van der Waals surface area contributed by atoms with Gasteiger partial charge in [-0.05, 0) is 62.1 Å². The molecule has 7 heteroatoms. The molecule has 1 heterocycles. The van der Waals surface area contributed by atoms with Gasteiger partial charge in [0.25, 0.3) is 5.91 Å². The van der Waals surface area contributed by atoms with E-state index in [0.29, 0.717) is 30.6 Å². The normalized spacial score (nSPS) is 16.0. The Morgan fingerprint density at radius 2 is 2.00 bits per heavy atom. The second kappa shape index (κ2) is 7.83. The van der Waals surface area contributed by atoms with Gasteiger partial charge in [-0.2, -0.15) is 0 Å². The molecule has 0 saturated heterocycles. The third-order valence-electron chi connectivity index (χ3n) is 4.97. The number of fused-ring (bicyclic) bond motifs is 1. The predicted molar refractivity (Wildman–Crippen MR) is 111 cm³/mol. The van der Waals surface area contributed by atoms with E-state index in [1.54, 1.807) is 25.3 Å². The summed E-state index contributed by atoms with van der Waals surface area (Å²) >= 11 is 0. The topological polar surface area (TPSA) is 75.7 Å². The van der Waals surface area contributed by atoms with Crippen LogP contribution < -0.4 is 14.4 Å². The van der Waals surface area contributed by atoms with Crippen molar-refractivity contribution in [2.75, 3.05) is 24.2 Å². The second-order valence-electron chi connectivity index (χ2n) is 7.28. The average molecular weight is 403 g/mol. The van der Waals surface area contributed by atoms with E-state index in [9.17, 15) is 13.2 Å². The van der Waals surface area contributed by atoms with Crippen molar-refractivity contribution in [3.05, 3.63) is 58.7 Å². The summed E-state index contributed by atoms with van der Waals surface area (Å²) in [5.74, 6) is 0.645. The molecular weight excluding hydrogens is 376 g/mol. The van der Waals surface area contributed by atoms with Crippen LogP contribution in [0.1, 0.15) is 34.0 Å². The molecule has 150 valence electrons. The monoisotopic (exact) mass is 402 g/mol. The molecule has 6 nitrogen and oxygen atoms in total. The van der Waals surface area contributed by atoms with E-state index in [0.717, 1.165) is 22.4 Å². The Morgan fingerprint density at radius 3 is 2.68 bits per heavy atom. The van der Waals surface area contributed by atoms with Gasteiger partial charge in [0.05, 0.1) is 19.1 Å². The van der Waals surface area contributed by atoms with E-state index in [4.69, 9.17) is 4.74 Å². The minimum absolute atomic E-state index is 0.142. The molecule has 1 N–H and O–H groups in total. The number of anilines is 1. The lowest BCUT2D eigenvalue weighted by molar-refractivity contribution is 0.0954. The van der Waals surface area contributed by atoms with Crippen molar-refractivity contribution in [3.63, 3.8) is 0 Å². The summed E-state index contributed by atoms with van der Waals surface area (Å²) in [5.41, 5.74) is 4.28. The fourth-order valence-corrected chi connectivity index (χ4v) is 5.03. The van der Waals surface area contributed by atoms with Crippen LogP contribution in [0, 0.1) is 6.92 Å². The first-order valence-corrected chi connectivity index (χ1v) is 11.1. The standard InChI is InChI=1S/C21H26N2O4S/c1-14-5-8-20(27-3)16(11-14)9-10-22-21(24)17-6-7-19-18(13-17)12-15(2)23(19)28(4,25)26/h5-8,11,13,15H,9-10,12H2,1-4H3,(H,22,24)/t15-/m1/s1. The molecule has 28 heavy (non-hydrogen) atoms. The number of carbonyl (C=O) groups is 1. The fraction of sp³-hybridized carbons (Fsp3) is 0.381. The molecule has 0 aromatic heterocycles. The average Bonchev–Trinajstić information content (AvgIpc) is 2.96. The van der Waals surface area contributed by atoms with Crippen molar-refractivity contribution >= 4 is 21.6 Å². The van der Waals surface area contributed by atoms with Crippen LogP contribution in [0.2, 0.25) is 0 Å². The number of nitrogens with one attached hydrogen (secondary N) is 1. The lowest BCUT2D eigenvalue weighted by atomic mass is 10.1. The fourth-order valence-electron chi connectivity index (χ4n) is 3.76. The van der Waals surface area contributed by atoms with Crippen LogP contribution in [0.15, 0.2) is 36.4 Å². The van der Waals surface area contributed by atoms with Crippen LogP contribution in [0.25, 0.3) is 0 Å². The smallest absolute Gasteiger partial charge is 0.251 e. The van der Waals surface area contributed by atoms with E-state index in [1.807, 2.05) is 26.0 Å². The Bertz CT molecular complexity index is 1000. The number of amides is 1. The summed E-state index contributed by atoms with van der Waals surface area (Å²) in [7, 11) is -1.70. The number of carbonyl (C=O) groups excluding carboxylic acids is 1. The lowest BCUT2D eigenvalue weighted by Crippen LogP contribution is -2.34. The molecule has 0 unspecified atom stereocenters. The number of benzene rings is 2. The molecule has 1 aliphatic heterocycles. The molecule has 1 atom stereocenters. The number of hydrogen-bond acceptors (Lipinski definition) is 4. The molecular formula is C21H26N2O4S. The Labute approximate surface area is 166 Å². The summed E-state index contributed by atoms with van der Waals surface area (Å²) in [4.78, 5) is 12.5.